The number of thioether (sulfide) groups is 1. The van der Waals surface area contributed by atoms with Crippen molar-refractivity contribution in [2.24, 2.45) is 11.7 Å². The summed E-state index contributed by atoms with van der Waals surface area (Å²) in [5.41, 5.74) is 5.95. The summed E-state index contributed by atoms with van der Waals surface area (Å²) in [6, 6.07) is -0.0181. The molecule has 1 saturated carbocycles. The van der Waals surface area contributed by atoms with Crippen LogP contribution in [0.3, 0.4) is 0 Å². The van der Waals surface area contributed by atoms with Gasteiger partial charge in [-0.25, -0.2) is 0 Å². The van der Waals surface area contributed by atoms with Crippen molar-refractivity contribution in [3.05, 3.63) is 0 Å². The number of nitrogens with one attached hydrogen (secondary N) is 1. The fourth-order valence-corrected chi connectivity index (χ4v) is 3.49. The number of carbonyl (C=O) groups is 1. The summed E-state index contributed by atoms with van der Waals surface area (Å²) in [6.07, 6.45) is 4.51. The highest BCUT2D eigenvalue weighted by molar-refractivity contribution is 7.99. The van der Waals surface area contributed by atoms with E-state index in [0.717, 1.165) is 18.6 Å². The standard InChI is InChI=1S/C13H26N2OS/c1-4-9(3)12(14)13(16)15-10-7-6-8-11(10)17-5-2/h9-12H,4-8,14H2,1-3H3,(H,15,16). The predicted molar refractivity (Wildman–Crippen MR) is 75.1 cm³/mol. The molecule has 1 aliphatic rings. The molecule has 4 heteroatoms. The van der Waals surface area contributed by atoms with Gasteiger partial charge in [-0.05, 0) is 24.5 Å². The Morgan fingerprint density at radius 3 is 2.76 bits per heavy atom. The van der Waals surface area contributed by atoms with Crippen LogP contribution in [-0.2, 0) is 4.79 Å². The van der Waals surface area contributed by atoms with Gasteiger partial charge in [0.05, 0.1) is 6.04 Å². The maximum absolute atomic E-state index is 12.0. The van der Waals surface area contributed by atoms with E-state index in [-0.39, 0.29) is 17.9 Å². The monoisotopic (exact) mass is 258 g/mol. The van der Waals surface area contributed by atoms with E-state index in [2.05, 4.69) is 19.2 Å². The summed E-state index contributed by atoms with van der Waals surface area (Å²) in [6.45, 7) is 6.28. The molecule has 1 aliphatic carbocycles. The van der Waals surface area contributed by atoms with Gasteiger partial charge in [-0.1, -0.05) is 33.6 Å². The summed E-state index contributed by atoms with van der Waals surface area (Å²) in [5, 5.41) is 3.73. The van der Waals surface area contributed by atoms with Crippen LogP contribution in [0, 0.1) is 5.92 Å². The second kappa shape index (κ2) is 7.27. The first kappa shape index (κ1) is 14.8. The van der Waals surface area contributed by atoms with Crippen LogP contribution in [0.5, 0.6) is 0 Å². The Hall–Kier alpha value is -0.220. The van der Waals surface area contributed by atoms with Crippen molar-refractivity contribution in [1.82, 2.24) is 5.32 Å². The molecule has 1 rings (SSSR count). The molecule has 3 nitrogen and oxygen atoms in total. The van der Waals surface area contributed by atoms with Crippen LogP contribution in [0.1, 0.15) is 46.5 Å². The Morgan fingerprint density at radius 2 is 2.18 bits per heavy atom. The van der Waals surface area contributed by atoms with Crippen LogP contribution < -0.4 is 11.1 Å². The highest BCUT2D eigenvalue weighted by Gasteiger charge is 2.30. The molecule has 17 heavy (non-hydrogen) atoms. The van der Waals surface area contributed by atoms with Crippen LogP contribution in [0.2, 0.25) is 0 Å². The molecule has 0 radical (unpaired) electrons. The van der Waals surface area contributed by atoms with Crippen LogP contribution in [-0.4, -0.2) is 29.0 Å². The molecule has 1 amide bonds. The van der Waals surface area contributed by atoms with E-state index in [4.69, 9.17) is 5.73 Å². The molecule has 4 atom stereocenters. The Balaban J connectivity index is 2.44. The van der Waals surface area contributed by atoms with Crippen molar-refractivity contribution >= 4 is 17.7 Å². The lowest BCUT2D eigenvalue weighted by Crippen LogP contribution is -2.49. The molecule has 100 valence electrons. The highest BCUT2D eigenvalue weighted by Crippen LogP contribution is 2.29. The van der Waals surface area contributed by atoms with Crippen molar-refractivity contribution in [3.63, 3.8) is 0 Å². The second-order valence-electron chi connectivity index (χ2n) is 4.95. The van der Waals surface area contributed by atoms with Gasteiger partial charge in [-0.15, -0.1) is 0 Å². The van der Waals surface area contributed by atoms with E-state index in [1.54, 1.807) is 0 Å². The first-order chi connectivity index (χ1) is 8.10. The van der Waals surface area contributed by atoms with E-state index >= 15 is 0 Å². The van der Waals surface area contributed by atoms with Crippen LogP contribution in [0.4, 0.5) is 0 Å². The summed E-state index contributed by atoms with van der Waals surface area (Å²) in [5.74, 6) is 1.41. The molecule has 0 aromatic rings. The largest absolute Gasteiger partial charge is 0.351 e. The number of hydrogen-bond acceptors (Lipinski definition) is 3. The lowest BCUT2D eigenvalue weighted by Gasteiger charge is -2.24. The maximum atomic E-state index is 12.0. The Kier molecular flexibility index (Phi) is 6.34. The lowest BCUT2D eigenvalue weighted by molar-refractivity contribution is -0.124. The molecule has 0 heterocycles. The third kappa shape index (κ3) is 4.18. The number of amides is 1. The lowest BCUT2D eigenvalue weighted by atomic mass is 9.99. The molecular weight excluding hydrogens is 232 g/mol. The molecule has 0 aliphatic heterocycles. The molecule has 3 N–H and O–H groups in total. The van der Waals surface area contributed by atoms with E-state index in [9.17, 15) is 4.79 Å². The average molecular weight is 258 g/mol. The second-order valence-corrected chi connectivity index (χ2v) is 6.47. The van der Waals surface area contributed by atoms with Gasteiger partial charge < -0.3 is 11.1 Å². The van der Waals surface area contributed by atoms with E-state index in [1.165, 1.54) is 12.8 Å². The quantitative estimate of drug-likeness (QED) is 0.767. The maximum Gasteiger partial charge on any atom is 0.237 e. The first-order valence-electron chi connectivity index (χ1n) is 6.77. The van der Waals surface area contributed by atoms with Crippen molar-refractivity contribution in [1.29, 1.82) is 0 Å². The van der Waals surface area contributed by atoms with Crippen molar-refractivity contribution in [3.8, 4) is 0 Å². The van der Waals surface area contributed by atoms with Gasteiger partial charge in [0.25, 0.3) is 0 Å². The minimum absolute atomic E-state index is 0.0351. The van der Waals surface area contributed by atoms with Crippen LogP contribution in [0.25, 0.3) is 0 Å². The van der Waals surface area contributed by atoms with E-state index in [1.807, 2.05) is 18.7 Å². The van der Waals surface area contributed by atoms with Crippen LogP contribution in [0.15, 0.2) is 0 Å². The van der Waals surface area contributed by atoms with Gasteiger partial charge in [-0.2, -0.15) is 11.8 Å². The SMILES string of the molecule is CCSC1CCCC1NC(=O)C(N)C(C)CC. The van der Waals surface area contributed by atoms with Gasteiger partial charge in [0.1, 0.15) is 0 Å². The van der Waals surface area contributed by atoms with Crippen molar-refractivity contribution < 1.29 is 4.79 Å². The molecule has 0 spiro atoms. The summed E-state index contributed by atoms with van der Waals surface area (Å²) in [4.78, 5) is 12.0. The number of rotatable bonds is 6. The van der Waals surface area contributed by atoms with Gasteiger partial charge in [0.15, 0.2) is 0 Å². The van der Waals surface area contributed by atoms with Crippen LogP contribution >= 0.6 is 11.8 Å². The third-order valence-electron chi connectivity index (χ3n) is 3.72. The summed E-state index contributed by atoms with van der Waals surface area (Å²) >= 11 is 1.96. The van der Waals surface area contributed by atoms with E-state index in [0.29, 0.717) is 11.3 Å². The summed E-state index contributed by atoms with van der Waals surface area (Å²) < 4.78 is 0. The van der Waals surface area contributed by atoms with Gasteiger partial charge >= 0.3 is 0 Å². The zero-order chi connectivity index (χ0) is 12.8. The smallest absolute Gasteiger partial charge is 0.237 e. The predicted octanol–water partition coefficient (Wildman–Crippen LogP) is 2.15. The minimum Gasteiger partial charge on any atom is -0.351 e. The van der Waals surface area contributed by atoms with E-state index < -0.39 is 0 Å². The zero-order valence-corrected chi connectivity index (χ0v) is 12.1. The molecular formula is C13H26N2OS. The Morgan fingerprint density at radius 1 is 1.47 bits per heavy atom. The van der Waals surface area contributed by atoms with Gasteiger partial charge in [-0.3, -0.25) is 4.79 Å². The van der Waals surface area contributed by atoms with Crippen molar-refractivity contribution in [2.45, 2.75) is 63.8 Å². The third-order valence-corrected chi connectivity index (χ3v) is 5.05. The first-order valence-corrected chi connectivity index (χ1v) is 7.82. The molecule has 1 fully saturated rings. The minimum atomic E-state index is -0.354. The van der Waals surface area contributed by atoms with Gasteiger partial charge in [0.2, 0.25) is 5.91 Å². The Bertz CT molecular complexity index is 248. The highest BCUT2D eigenvalue weighted by atomic mass is 32.2. The topological polar surface area (TPSA) is 55.1 Å². The Labute approximate surface area is 109 Å². The fourth-order valence-electron chi connectivity index (χ4n) is 2.30. The molecule has 0 bridgehead atoms. The summed E-state index contributed by atoms with van der Waals surface area (Å²) in [7, 11) is 0. The number of hydrogen-bond donors (Lipinski definition) is 2. The molecule has 0 aromatic carbocycles. The van der Waals surface area contributed by atoms with Crippen molar-refractivity contribution in [2.75, 3.05) is 5.75 Å². The molecule has 4 unspecified atom stereocenters. The molecule has 0 aromatic heterocycles. The number of carbonyl (C=O) groups excluding carboxylic acids is 1. The molecule has 0 saturated heterocycles. The zero-order valence-electron chi connectivity index (χ0n) is 11.2. The van der Waals surface area contributed by atoms with Gasteiger partial charge in [0, 0.05) is 11.3 Å². The normalized spacial score (nSPS) is 27.8. The average Bonchev–Trinajstić information content (AvgIpc) is 2.75. The number of nitrogens with two attached hydrogens (primary N) is 1. The fraction of sp³-hybridized carbons (Fsp3) is 0.923.